The zero-order valence-corrected chi connectivity index (χ0v) is 15.6. The van der Waals surface area contributed by atoms with E-state index in [0.29, 0.717) is 17.3 Å². The van der Waals surface area contributed by atoms with Crippen LogP contribution in [0.2, 0.25) is 0 Å². The summed E-state index contributed by atoms with van der Waals surface area (Å²) in [5, 5.41) is 14.5. The number of primary amides is 1. The summed E-state index contributed by atoms with van der Waals surface area (Å²) in [4.78, 5) is 11.1. The van der Waals surface area contributed by atoms with Gasteiger partial charge in [-0.1, -0.05) is 13.8 Å². The number of urea groups is 1. The minimum Gasteiger partial charge on any atom is -0.393 e. The number of fused-ring (bicyclic) bond motifs is 5. The summed E-state index contributed by atoms with van der Waals surface area (Å²) in [6, 6.07) is -0.568. The lowest BCUT2D eigenvalue weighted by atomic mass is 9.45. The van der Waals surface area contributed by atoms with E-state index in [1.807, 2.05) is 0 Å². The van der Waals surface area contributed by atoms with E-state index in [0.717, 1.165) is 36.8 Å². The van der Waals surface area contributed by atoms with Crippen molar-refractivity contribution in [2.75, 3.05) is 0 Å². The third-order valence-corrected chi connectivity index (χ3v) is 8.68. The van der Waals surface area contributed by atoms with Gasteiger partial charge in [0, 0.05) is 11.1 Å². The summed E-state index contributed by atoms with van der Waals surface area (Å²) < 4.78 is 0. The van der Waals surface area contributed by atoms with E-state index >= 15 is 0 Å². The third kappa shape index (κ3) is 2.61. The van der Waals surface area contributed by atoms with Crippen molar-refractivity contribution in [1.82, 2.24) is 5.43 Å². The molecule has 2 amide bonds. The molecule has 5 heteroatoms. The molecule has 4 aliphatic carbocycles. The average Bonchev–Trinajstić information content (AvgIpc) is 2.90. The van der Waals surface area contributed by atoms with E-state index in [9.17, 15) is 9.90 Å². The molecule has 25 heavy (non-hydrogen) atoms. The Balaban J connectivity index is 1.58. The standard InChI is InChI=1S/C20H33N3O2/c1-19-9-7-13(24)11-12(19)3-4-14-15-5-6-17(22-23-18(21)25)20(15,2)10-8-16(14)19/h12-16,24H,3-11H2,1-2H3,(H3,21,23,25)/b22-17-/t12-,13-,14-,15-,16-,19-,20-/m0/s1. The second-order valence-corrected chi connectivity index (χ2v) is 9.61. The van der Waals surface area contributed by atoms with Crippen LogP contribution < -0.4 is 11.2 Å². The third-order valence-electron chi connectivity index (χ3n) is 8.68. The van der Waals surface area contributed by atoms with Crippen molar-refractivity contribution in [3.05, 3.63) is 0 Å². The van der Waals surface area contributed by atoms with Crippen molar-refractivity contribution in [3.63, 3.8) is 0 Å². The van der Waals surface area contributed by atoms with Gasteiger partial charge in [0.05, 0.1) is 6.10 Å². The van der Waals surface area contributed by atoms with Crippen LogP contribution in [0.25, 0.3) is 0 Å². The first kappa shape index (κ1) is 17.3. The highest BCUT2D eigenvalue weighted by molar-refractivity contribution is 5.93. The number of carbonyl (C=O) groups excluding carboxylic acids is 1. The molecule has 140 valence electrons. The lowest BCUT2D eigenvalue weighted by Gasteiger charge is -2.60. The van der Waals surface area contributed by atoms with Gasteiger partial charge in [-0.3, -0.25) is 0 Å². The van der Waals surface area contributed by atoms with Gasteiger partial charge >= 0.3 is 6.03 Å². The zero-order valence-electron chi connectivity index (χ0n) is 15.6. The molecule has 4 fully saturated rings. The van der Waals surface area contributed by atoms with Crippen molar-refractivity contribution >= 4 is 11.7 Å². The van der Waals surface area contributed by atoms with Gasteiger partial charge in [0.2, 0.25) is 0 Å². The monoisotopic (exact) mass is 347 g/mol. The van der Waals surface area contributed by atoms with Gasteiger partial charge in [-0.2, -0.15) is 5.10 Å². The first-order valence-electron chi connectivity index (χ1n) is 10.1. The number of hydrazone groups is 1. The Hall–Kier alpha value is -1.10. The number of aliphatic hydroxyl groups is 1. The summed E-state index contributed by atoms with van der Waals surface area (Å²) in [5.41, 5.74) is 9.38. The SMILES string of the molecule is C[C@]12CC[C@H](O)C[C@@H]1CC[C@@H]1[C@@H]2CC[C@]2(C)/C(=N\NC(N)=O)CC[C@@H]12. The Labute approximate surface area is 150 Å². The maximum absolute atomic E-state index is 11.1. The van der Waals surface area contributed by atoms with E-state index in [1.54, 1.807) is 0 Å². The first-order valence-corrected chi connectivity index (χ1v) is 10.1. The lowest BCUT2D eigenvalue weighted by molar-refractivity contribution is -0.113. The second-order valence-electron chi connectivity index (χ2n) is 9.61. The Kier molecular flexibility index (Phi) is 4.13. The normalized spacial score (nSPS) is 50.7. The fraction of sp³-hybridized carbons (Fsp3) is 0.900. The molecule has 0 aromatic rings. The van der Waals surface area contributed by atoms with Crippen LogP contribution in [0.5, 0.6) is 0 Å². The molecule has 0 aromatic carbocycles. The minimum atomic E-state index is -0.568. The second kappa shape index (κ2) is 5.97. The topological polar surface area (TPSA) is 87.7 Å². The van der Waals surface area contributed by atoms with Crippen LogP contribution in [-0.4, -0.2) is 23.0 Å². The predicted molar refractivity (Wildman–Crippen MR) is 97.9 cm³/mol. The molecule has 0 spiro atoms. The van der Waals surface area contributed by atoms with Gasteiger partial charge in [0.15, 0.2) is 0 Å². The molecule has 0 aromatic heterocycles. The Morgan fingerprint density at radius 2 is 1.96 bits per heavy atom. The van der Waals surface area contributed by atoms with Crippen LogP contribution in [0.3, 0.4) is 0 Å². The highest BCUT2D eigenvalue weighted by Crippen LogP contribution is 2.65. The lowest BCUT2D eigenvalue weighted by Crippen LogP contribution is -2.54. The summed E-state index contributed by atoms with van der Waals surface area (Å²) in [6.07, 6.45) is 10.3. The highest BCUT2D eigenvalue weighted by atomic mass is 16.3. The largest absolute Gasteiger partial charge is 0.393 e. The molecule has 4 rings (SSSR count). The van der Waals surface area contributed by atoms with Crippen molar-refractivity contribution < 1.29 is 9.90 Å². The predicted octanol–water partition coefficient (Wildman–Crippen LogP) is 3.41. The quantitative estimate of drug-likeness (QED) is 0.635. The number of carbonyl (C=O) groups is 1. The molecule has 0 radical (unpaired) electrons. The maximum atomic E-state index is 11.1. The molecule has 4 N–H and O–H groups in total. The smallest absolute Gasteiger partial charge is 0.332 e. The molecule has 4 saturated carbocycles. The Morgan fingerprint density at radius 3 is 2.72 bits per heavy atom. The fourth-order valence-electron chi connectivity index (χ4n) is 7.33. The van der Waals surface area contributed by atoms with Crippen molar-refractivity contribution in [3.8, 4) is 0 Å². The number of rotatable bonds is 1. The summed E-state index contributed by atoms with van der Waals surface area (Å²) in [7, 11) is 0. The number of hydrogen-bond donors (Lipinski definition) is 3. The van der Waals surface area contributed by atoms with E-state index in [-0.39, 0.29) is 11.5 Å². The van der Waals surface area contributed by atoms with E-state index in [1.165, 1.54) is 38.5 Å². The van der Waals surface area contributed by atoms with Gasteiger partial charge in [0.1, 0.15) is 0 Å². The van der Waals surface area contributed by atoms with Crippen LogP contribution >= 0.6 is 0 Å². The number of amides is 2. The average molecular weight is 348 g/mol. The van der Waals surface area contributed by atoms with E-state index in [4.69, 9.17) is 5.73 Å². The van der Waals surface area contributed by atoms with Gasteiger partial charge in [-0.15, -0.1) is 0 Å². The number of nitrogens with two attached hydrogens (primary N) is 1. The van der Waals surface area contributed by atoms with Gasteiger partial charge in [0.25, 0.3) is 0 Å². The molecular weight excluding hydrogens is 314 g/mol. The first-order chi connectivity index (χ1) is 11.8. The number of hydrogen-bond acceptors (Lipinski definition) is 3. The molecule has 0 unspecified atom stereocenters. The van der Waals surface area contributed by atoms with Crippen LogP contribution in [0.4, 0.5) is 4.79 Å². The highest BCUT2D eigenvalue weighted by Gasteiger charge is 2.59. The Morgan fingerprint density at radius 1 is 1.16 bits per heavy atom. The van der Waals surface area contributed by atoms with Crippen LogP contribution in [0.1, 0.15) is 71.6 Å². The van der Waals surface area contributed by atoms with E-state index < -0.39 is 6.03 Å². The summed E-state index contributed by atoms with van der Waals surface area (Å²) in [5.74, 6) is 2.95. The van der Waals surface area contributed by atoms with Crippen molar-refractivity contribution in [1.29, 1.82) is 0 Å². The molecule has 0 saturated heterocycles. The Bertz CT molecular complexity index is 591. The summed E-state index contributed by atoms with van der Waals surface area (Å²) in [6.45, 7) is 4.88. The molecule has 0 aliphatic heterocycles. The summed E-state index contributed by atoms with van der Waals surface area (Å²) >= 11 is 0. The molecular formula is C20H33N3O2. The number of aliphatic hydroxyl groups excluding tert-OH is 1. The fourth-order valence-corrected chi connectivity index (χ4v) is 7.33. The molecule has 4 aliphatic rings. The number of nitrogens with zero attached hydrogens (tertiary/aromatic N) is 1. The molecule has 0 heterocycles. The zero-order chi connectivity index (χ0) is 17.8. The van der Waals surface area contributed by atoms with E-state index in [2.05, 4.69) is 24.4 Å². The molecule has 0 bridgehead atoms. The van der Waals surface area contributed by atoms with Crippen molar-refractivity contribution in [2.24, 2.45) is 45.3 Å². The van der Waals surface area contributed by atoms with Crippen LogP contribution in [0.15, 0.2) is 5.10 Å². The van der Waals surface area contributed by atoms with Gasteiger partial charge in [-0.05, 0) is 86.9 Å². The van der Waals surface area contributed by atoms with Crippen molar-refractivity contribution in [2.45, 2.75) is 77.7 Å². The van der Waals surface area contributed by atoms with Crippen LogP contribution in [-0.2, 0) is 0 Å². The maximum Gasteiger partial charge on any atom is 0.332 e. The van der Waals surface area contributed by atoms with Gasteiger partial charge < -0.3 is 10.8 Å². The molecule has 5 nitrogen and oxygen atoms in total. The van der Waals surface area contributed by atoms with Gasteiger partial charge in [-0.25, -0.2) is 10.2 Å². The van der Waals surface area contributed by atoms with Crippen LogP contribution in [0, 0.1) is 34.5 Å². The minimum absolute atomic E-state index is 0.0754. The molecule has 7 atom stereocenters. The number of nitrogens with one attached hydrogen (secondary N) is 1.